The summed E-state index contributed by atoms with van der Waals surface area (Å²) in [6.45, 7) is 5.07. The van der Waals surface area contributed by atoms with Gasteiger partial charge in [0.15, 0.2) is 0 Å². The maximum absolute atomic E-state index is 12.9. The number of thioether (sulfide) groups is 1. The average molecular weight is 409 g/mol. The highest BCUT2D eigenvalue weighted by Gasteiger charge is 2.21. The number of para-hydroxylation sites is 1. The lowest BCUT2D eigenvalue weighted by molar-refractivity contribution is 0.0936. The number of carbonyl (C=O) groups excluding carboxylic acids is 1. The number of hydrogen-bond donors (Lipinski definition) is 1. The van der Waals surface area contributed by atoms with Crippen LogP contribution in [0.15, 0.2) is 57.9 Å². The lowest BCUT2D eigenvalue weighted by Gasteiger charge is -2.25. The van der Waals surface area contributed by atoms with Gasteiger partial charge in [-0.05, 0) is 44.0 Å². The highest BCUT2D eigenvalue weighted by molar-refractivity contribution is 7.98. The van der Waals surface area contributed by atoms with Crippen molar-refractivity contribution in [1.82, 2.24) is 10.5 Å². The molecule has 2 heterocycles. The van der Waals surface area contributed by atoms with Crippen LogP contribution < -0.4 is 10.1 Å². The van der Waals surface area contributed by atoms with Gasteiger partial charge in [-0.1, -0.05) is 35.5 Å². The molecule has 0 bridgehead atoms. The van der Waals surface area contributed by atoms with E-state index in [1.54, 1.807) is 11.8 Å². The molecule has 1 aromatic heterocycles. The van der Waals surface area contributed by atoms with E-state index in [9.17, 15) is 4.79 Å². The van der Waals surface area contributed by atoms with E-state index < -0.39 is 0 Å². The predicted octanol–water partition coefficient (Wildman–Crippen LogP) is 4.56. The van der Waals surface area contributed by atoms with Crippen LogP contribution in [0.3, 0.4) is 0 Å². The van der Waals surface area contributed by atoms with Crippen molar-refractivity contribution in [3.8, 4) is 5.75 Å². The van der Waals surface area contributed by atoms with Crippen LogP contribution in [0.5, 0.6) is 5.75 Å². The highest BCUT2D eigenvalue weighted by atomic mass is 32.2. The lowest BCUT2D eigenvalue weighted by atomic mass is 9.96. The van der Waals surface area contributed by atoms with Gasteiger partial charge in [-0.15, -0.1) is 11.8 Å². The minimum atomic E-state index is -0.0503. The molecule has 6 heteroatoms. The lowest BCUT2D eigenvalue weighted by Crippen LogP contribution is -2.35. The summed E-state index contributed by atoms with van der Waals surface area (Å²) < 4.78 is 11.1. The summed E-state index contributed by atoms with van der Waals surface area (Å²) in [4.78, 5) is 13.8. The Morgan fingerprint density at radius 2 is 1.97 bits per heavy atom. The van der Waals surface area contributed by atoms with E-state index in [-0.39, 0.29) is 11.8 Å². The Kier molecular flexibility index (Phi) is 5.90. The van der Waals surface area contributed by atoms with Gasteiger partial charge in [-0.2, -0.15) is 0 Å². The molecule has 0 saturated heterocycles. The summed E-state index contributed by atoms with van der Waals surface area (Å²) in [5.74, 6) is 2.73. The van der Waals surface area contributed by atoms with E-state index in [1.807, 2.05) is 56.3 Å². The van der Waals surface area contributed by atoms with E-state index >= 15 is 0 Å². The molecule has 0 saturated carbocycles. The van der Waals surface area contributed by atoms with Crippen LogP contribution in [0.4, 0.5) is 0 Å². The molecule has 150 valence electrons. The quantitative estimate of drug-likeness (QED) is 0.606. The van der Waals surface area contributed by atoms with Crippen molar-refractivity contribution < 1.29 is 14.1 Å². The molecule has 1 amide bonds. The largest absolute Gasteiger partial charge is 0.493 e. The molecule has 0 radical (unpaired) electrons. The average Bonchev–Trinajstić information content (AvgIpc) is 3.08. The van der Waals surface area contributed by atoms with Crippen LogP contribution in [0.2, 0.25) is 0 Å². The molecule has 3 aromatic rings. The normalized spacial score (nSPS) is 15.4. The number of carbonyl (C=O) groups is 1. The predicted molar refractivity (Wildman–Crippen MR) is 113 cm³/mol. The third kappa shape index (κ3) is 4.48. The molecular weight excluding hydrogens is 384 g/mol. The van der Waals surface area contributed by atoms with Crippen molar-refractivity contribution in [2.24, 2.45) is 5.92 Å². The van der Waals surface area contributed by atoms with E-state index in [1.165, 1.54) is 5.56 Å². The maximum atomic E-state index is 12.9. The molecule has 1 N–H and O–H groups in total. The first kappa shape index (κ1) is 19.6. The van der Waals surface area contributed by atoms with Crippen LogP contribution in [0.1, 0.15) is 32.9 Å². The summed E-state index contributed by atoms with van der Waals surface area (Å²) in [5, 5.41) is 7.10. The first-order chi connectivity index (χ1) is 14.1. The summed E-state index contributed by atoms with van der Waals surface area (Å²) in [6.07, 6.45) is 0.916. The molecule has 0 spiro atoms. The minimum Gasteiger partial charge on any atom is -0.493 e. The number of aromatic nitrogens is 1. The SMILES string of the molecule is Cc1noc(C)c1CSc1ccccc1C(=O)NCC1COc2ccccc2C1. The zero-order chi connectivity index (χ0) is 20.2. The Morgan fingerprint density at radius 3 is 2.79 bits per heavy atom. The van der Waals surface area contributed by atoms with Crippen molar-refractivity contribution >= 4 is 17.7 Å². The highest BCUT2D eigenvalue weighted by Crippen LogP contribution is 2.29. The van der Waals surface area contributed by atoms with Crippen molar-refractivity contribution in [2.75, 3.05) is 13.2 Å². The Hall–Kier alpha value is -2.73. The second-order valence-electron chi connectivity index (χ2n) is 7.29. The Balaban J connectivity index is 1.38. The Bertz CT molecular complexity index is 995. The van der Waals surface area contributed by atoms with Gasteiger partial charge >= 0.3 is 0 Å². The molecular formula is C23H24N2O3S. The number of benzene rings is 2. The van der Waals surface area contributed by atoms with Crippen molar-refractivity contribution in [1.29, 1.82) is 0 Å². The van der Waals surface area contributed by atoms with E-state index in [4.69, 9.17) is 9.26 Å². The molecule has 5 nitrogen and oxygen atoms in total. The van der Waals surface area contributed by atoms with Gasteiger partial charge in [-0.25, -0.2) is 0 Å². The zero-order valence-electron chi connectivity index (χ0n) is 16.6. The molecule has 1 aliphatic rings. The van der Waals surface area contributed by atoms with Gasteiger partial charge in [0.05, 0.1) is 17.9 Å². The first-order valence-electron chi connectivity index (χ1n) is 9.74. The van der Waals surface area contributed by atoms with Gasteiger partial charge in [0, 0.05) is 28.7 Å². The van der Waals surface area contributed by atoms with Crippen molar-refractivity contribution in [3.05, 3.63) is 76.7 Å². The number of nitrogens with zero attached hydrogens (tertiary/aromatic N) is 1. The van der Waals surface area contributed by atoms with Gasteiger partial charge in [-0.3, -0.25) is 4.79 Å². The number of hydrogen-bond acceptors (Lipinski definition) is 5. The monoisotopic (exact) mass is 408 g/mol. The number of ether oxygens (including phenoxy) is 1. The third-order valence-electron chi connectivity index (χ3n) is 5.19. The molecule has 1 atom stereocenters. The Morgan fingerprint density at radius 1 is 1.17 bits per heavy atom. The van der Waals surface area contributed by atoms with Crippen LogP contribution in [0, 0.1) is 19.8 Å². The number of nitrogens with one attached hydrogen (secondary N) is 1. The van der Waals surface area contributed by atoms with E-state index in [0.717, 1.165) is 39.8 Å². The minimum absolute atomic E-state index is 0.0503. The second-order valence-corrected chi connectivity index (χ2v) is 8.30. The summed E-state index contributed by atoms with van der Waals surface area (Å²) in [5.41, 5.74) is 3.88. The maximum Gasteiger partial charge on any atom is 0.252 e. The van der Waals surface area contributed by atoms with Gasteiger partial charge in [0.25, 0.3) is 5.91 Å². The van der Waals surface area contributed by atoms with Crippen LogP contribution in [-0.4, -0.2) is 24.2 Å². The molecule has 0 aliphatic carbocycles. The topological polar surface area (TPSA) is 64.4 Å². The molecule has 29 heavy (non-hydrogen) atoms. The van der Waals surface area contributed by atoms with Gasteiger partial charge in [0.1, 0.15) is 11.5 Å². The first-order valence-corrected chi connectivity index (χ1v) is 10.7. The molecule has 1 aliphatic heterocycles. The summed E-state index contributed by atoms with van der Waals surface area (Å²) in [7, 11) is 0. The molecule has 2 aromatic carbocycles. The molecule has 1 unspecified atom stereocenters. The molecule has 0 fully saturated rings. The van der Waals surface area contributed by atoms with E-state index in [0.29, 0.717) is 18.7 Å². The van der Waals surface area contributed by atoms with Crippen LogP contribution in [0.25, 0.3) is 0 Å². The van der Waals surface area contributed by atoms with E-state index in [2.05, 4.69) is 16.5 Å². The smallest absolute Gasteiger partial charge is 0.252 e. The molecule has 4 rings (SSSR count). The van der Waals surface area contributed by atoms with Crippen LogP contribution in [-0.2, 0) is 12.2 Å². The van der Waals surface area contributed by atoms with Crippen molar-refractivity contribution in [3.63, 3.8) is 0 Å². The summed E-state index contributed by atoms with van der Waals surface area (Å²) in [6, 6.07) is 15.8. The van der Waals surface area contributed by atoms with Crippen molar-refractivity contribution in [2.45, 2.75) is 30.9 Å². The fourth-order valence-electron chi connectivity index (χ4n) is 3.49. The number of fused-ring (bicyclic) bond motifs is 1. The third-order valence-corrected chi connectivity index (χ3v) is 6.29. The Labute approximate surface area is 174 Å². The second kappa shape index (κ2) is 8.74. The number of rotatable bonds is 6. The van der Waals surface area contributed by atoms with Gasteiger partial charge < -0.3 is 14.6 Å². The fraction of sp³-hybridized carbons (Fsp3) is 0.304. The number of aryl methyl sites for hydroxylation is 2. The van der Waals surface area contributed by atoms with Crippen LogP contribution >= 0.6 is 11.8 Å². The summed E-state index contributed by atoms with van der Waals surface area (Å²) >= 11 is 1.63. The standard InChI is InChI=1S/C23H24N2O3S/c1-15-20(16(2)28-25-15)14-29-22-10-6-4-8-19(22)23(26)24-12-17-11-18-7-3-5-9-21(18)27-13-17/h3-10,17H,11-14H2,1-2H3,(H,24,26). The number of amides is 1. The van der Waals surface area contributed by atoms with Gasteiger partial charge in [0.2, 0.25) is 0 Å². The fourth-order valence-corrected chi connectivity index (χ4v) is 4.70. The zero-order valence-corrected chi connectivity index (χ0v) is 17.4.